The van der Waals surface area contributed by atoms with Gasteiger partial charge in [0.15, 0.2) is 5.84 Å². The van der Waals surface area contributed by atoms with Gasteiger partial charge in [0.2, 0.25) is 6.79 Å². The lowest BCUT2D eigenvalue weighted by Gasteiger charge is -2.25. The predicted octanol–water partition coefficient (Wildman–Crippen LogP) is 3.56. The molecule has 1 heterocycles. The number of nitrogens with one attached hydrogen (secondary N) is 4. The van der Waals surface area contributed by atoms with E-state index in [1.807, 2.05) is 0 Å². The standard InChI is InChI=1S/C30H33N6O10P/c1-4-32-28(38)23-14-33-25(18(23)3)26(34-15-31)36(24-13-20(6-5-17(24)2)27(37)35-21-9-10-21)30(40)45-16-44-29(39)19-7-11-22(12-8-19)46-47(41,42)43/h5-8,11-15,21,31,33H,4,9-10,16H2,1-3H3,(H,32,38)(H,35,37)(H2,41,42,43). The number of ether oxygens (including phenoxy) is 2. The van der Waals surface area contributed by atoms with Crippen molar-refractivity contribution in [1.29, 1.82) is 5.41 Å². The van der Waals surface area contributed by atoms with Crippen LogP contribution >= 0.6 is 7.82 Å². The highest BCUT2D eigenvalue weighted by Gasteiger charge is 2.31. The second kappa shape index (κ2) is 14.9. The molecule has 16 nitrogen and oxygen atoms in total. The SMILES string of the molecule is CCNC(=O)c1c[nH]c(C(=NC=N)N(C(=O)OCOC(=O)c2ccc(OP(=O)(O)O)cc2)c2cc(C(=O)NC3CC3)ccc2C)c1C. The molecule has 1 aliphatic carbocycles. The van der Waals surface area contributed by atoms with Gasteiger partial charge in [0.1, 0.15) is 12.1 Å². The number of phosphoric ester groups is 1. The summed E-state index contributed by atoms with van der Waals surface area (Å²) in [6.07, 6.45) is 2.76. The molecule has 1 saturated carbocycles. The maximum absolute atomic E-state index is 13.8. The first-order valence-electron chi connectivity index (χ1n) is 14.3. The zero-order valence-corrected chi connectivity index (χ0v) is 26.5. The van der Waals surface area contributed by atoms with E-state index >= 15 is 0 Å². The number of aromatic nitrogens is 1. The molecule has 248 valence electrons. The van der Waals surface area contributed by atoms with Gasteiger partial charge in [-0.25, -0.2) is 24.0 Å². The minimum absolute atomic E-state index is 0.0351. The van der Waals surface area contributed by atoms with Gasteiger partial charge >= 0.3 is 19.9 Å². The molecule has 1 fully saturated rings. The fourth-order valence-corrected chi connectivity index (χ4v) is 4.77. The van der Waals surface area contributed by atoms with Crippen LogP contribution in [0.5, 0.6) is 5.75 Å². The highest BCUT2D eigenvalue weighted by atomic mass is 31.2. The first-order valence-corrected chi connectivity index (χ1v) is 15.8. The van der Waals surface area contributed by atoms with Crippen molar-refractivity contribution in [2.24, 2.45) is 4.99 Å². The Labute approximate surface area is 268 Å². The van der Waals surface area contributed by atoms with E-state index in [4.69, 9.17) is 24.7 Å². The molecule has 0 bridgehead atoms. The van der Waals surface area contributed by atoms with Gasteiger partial charge in [-0.2, -0.15) is 0 Å². The number of aryl methyl sites for hydroxylation is 1. The zero-order chi connectivity index (χ0) is 34.3. The summed E-state index contributed by atoms with van der Waals surface area (Å²) in [7, 11) is -4.80. The lowest BCUT2D eigenvalue weighted by molar-refractivity contribution is 0.0000912. The van der Waals surface area contributed by atoms with Crippen molar-refractivity contribution in [2.45, 2.75) is 39.7 Å². The number of amides is 3. The third-order valence-corrected chi connectivity index (χ3v) is 7.29. The number of nitrogens with zero attached hydrogens (tertiary/aromatic N) is 2. The average molecular weight is 669 g/mol. The van der Waals surface area contributed by atoms with Gasteiger partial charge in [0, 0.05) is 24.3 Å². The molecule has 47 heavy (non-hydrogen) atoms. The summed E-state index contributed by atoms with van der Waals surface area (Å²) in [5, 5.41) is 13.3. The number of phosphoric acid groups is 1. The number of esters is 1. The second-order valence-electron chi connectivity index (χ2n) is 10.3. The summed E-state index contributed by atoms with van der Waals surface area (Å²) in [6.45, 7) is 4.57. The normalized spacial score (nSPS) is 12.9. The van der Waals surface area contributed by atoms with Crippen molar-refractivity contribution in [3.05, 3.63) is 82.2 Å². The van der Waals surface area contributed by atoms with E-state index in [0.29, 0.717) is 24.0 Å². The molecule has 4 rings (SSSR count). The highest BCUT2D eigenvalue weighted by Crippen LogP contribution is 2.37. The van der Waals surface area contributed by atoms with Gasteiger partial charge in [-0.05, 0) is 81.1 Å². The van der Waals surface area contributed by atoms with E-state index in [0.717, 1.165) is 29.9 Å². The van der Waals surface area contributed by atoms with E-state index in [9.17, 15) is 23.7 Å². The molecule has 6 N–H and O–H groups in total. The van der Waals surface area contributed by atoms with E-state index < -0.39 is 26.7 Å². The van der Waals surface area contributed by atoms with Gasteiger partial charge < -0.3 is 29.6 Å². The third-order valence-electron chi connectivity index (χ3n) is 6.84. The number of carbonyl (C=O) groups excluding carboxylic acids is 4. The number of anilines is 1. The summed E-state index contributed by atoms with van der Waals surface area (Å²) in [5.41, 5.74) is 1.78. The smallest absolute Gasteiger partial charge is 0.424 e. The molecule has 2 aromatic carbocycles. The number of amidine groups is 1. The number of rotatable bonds is 12. The molecular weight excluding hydrogens is 635 g/mol. The van der Waals surface area contributed by atoms with Crippen molar-refractivity contribution in [3.63, 3.8) is 0 Å². The lowest BCUT2D eigenvalue weighted by Crippen LogP contribution is -2.40. The Balaban J connectivity index is 1.64. The lowest BCUT2D eigenvalue weighted by atomic mass is 10.1. The van der Waals surface area contributed by atoms with E-state index in [1.165, 1.54) is 24.4 Å². The molecule has 0 saturated heterocycles. The van der Waals surface area contributed by atoms with Crippen molar-refractivity contribution in [3.8, 4) is 5.75 Å². The topological polar surface area (TPSA) is 233 Å². The van der Waals surface area contributed by atoms with Crippen molar-refractivity contribution in [2.75, 3.05) is 18.2 Å². The van der Waals surface area contributed by atoms with Crippen LogP contribution in [0.3, 0.4) is 0 Å². The average Bonchev–Trinajstić information content (AvgIpc) is 3.75. The monoisotopic (exact) mass is 668 g/mol. The molecule has 0 spiro atoms. The van der Waals surface area contributed by atoms with Gasteiger partial charge in [0.05, 0.1) is 22.5 Å². The largest absolute Gasteiger partial charge is 0.524 e. The molecule has 3 aromatic rings. The Morgan fingerprint density at radius 1 is 1.06 bits per heavy atom. The minimum Gasteiger partial charge on any atom is -0.424 e. The maximum atomic E-state index is 13.8. The predicted molar refractivity (Wildman–Crippen MR) is 169 cm³/mol. The van der Waals surface area contributed by atoms with Crippen LogP contribution in [0.2, 0.25) is 0 Å². The van der Waals surface area contributed by atoms with Crippen molar-refractivity contribution in [1.82, 2.24) is 15.6 Å². The molecule has 1 aliphatic rings. The molecule has 3 amide bonds. The molecular formula is C30H33N6O10P. The molecule has 0 unspecified atom stereocenters. The van der Waals surface area contributed by atoms with Gasteiger partial charge in [0.25, 0.3) is 11.8 Å². The fraction of sp³-hybridized carbons (Fsp3) is 0.267. The van der Waals surface area contributed by atoms with Crippen molar-refractivity contribution < 1.29 is 47.5 Å². The molecule has 0 atom stereocenters. The number of benzene rings is 2. The van der Waals surface area contributed by atoms with Crippen LogP contribution in [0.25, 0.3) is 0 Å². The Bertz CT molecular complexity index is 1760. The number of aromatic amines is 1. The van der Waals surface area contributed by atoms with Crippen LogP contribution in [0.4, 0.5) is 10.5 Å². The Hall–Kier alpha value is -5.31. The first kappa shape index (κ1) is 34.6. The third kappa shape index (κ3) is 8.91. The van der Waals surface area contributed by atoms with Gasteiger partial charge in [-0.3, -0.25) is 24.8 Å². The van der Waals surface area contributed by atoms with E-state index in [-0.39, 0.29) is 57.5 Å². The Morgan fingerprint density at radius 2 is 1.74 bits per heavy atom. The zero-order valence-electron chi connectivity index (χ0n) is 25.6. The Morgan fingerprint density at radius 3 is 2.36 bits per heavy atom. The number of hydrogen-bond acceptors (Lipinski definition) is 9. The van der Waals surface area contributed by atoms with Crippen LogP contribution in [0, 0.1) is 19.3 Å². The number of carbonyl (C=O) groups is 4. The van der Waals surface area contributed by atoms with E-state index in [1.54, 1.807) is 32.9 Å². The number of H-pyrrole nitrogens is 1. The minimum atomic E-state index is -4.80. The number of hydrogen-bond donors (Lipinski definition) is 6. The highest BCUT2D eigenvalue weighted by molar-refractivity contribution is 7.46. The van der Waals surface area contributed by atoms with Crippen LogP contribution in [-0.2, 0) is 14.0 Å². The first-order chi connectivity index (χ1) is 22.3. The van der Waals surface area contributed by atoms with E-state index in [2.05, 4.69) is 25.1 Å². The fourth-order valence-electron chi connectivity index (χ4n) is 4.37. The molecule has 1 aromatic heterocycles. The van der Waals surface area contributed by atoms with Gasteiger partial charge in [-0.1, -0.05) is 6.07 Å². The Kier molecular flexibility index (Phi) is 10.9. The maximum Gasteiger partial charge on any atom is 0.524 e. The summed E-state index contributed by atoms with van der Waals surface area (Å²) >= 11 is 0. The second-order valence-corrected chi connectivity index (χ2v) is 11.5. The van der Waals surface area contributed by atoms with Crippen LogP contribution in [-0.4, -0.2) is 70.2 Å². The molecule has 0 radical (unpaired) electrons. The molecule has 0 aliphatic heterocycles. The van der Waals surface area contributed by atoms with Crippen molar-refractivity contribution >= 4 is 49.6 Å². The summed E-state index contributed by atoms with van der Waals surface area (Å²) < 4.78 is 25.9. The summed E-state index contributed by atoms with van der Waals surface area (Å²) in [6, 6.07) is 9.43. The quantitative estimate of drug-likeness (QED) is 0.0540. The van der Waals surface area contributed by atoms with Gasteiger partial charge in [-0.15, -0.1) is 0 Å². The number of aliphatic imine (C=N–C) groups is 1. The molecule has 17 heteroatoms. The summed E-state index contributed by atoms with van der Waals surface area (Å²) in [5.74, 6) is -1.99. The summed E-state index contributed by atoms with van der Waals surface area (Å²) in [4.78, 5) is 77.8. The van der Waals surface area contributed by atoms with Crippen LogP contribution in [0.15, 0.2) is 53.7 Å². The van der Waals surface area contributed by atoms with Crippen LogP contribution in [0.1, 0.15) is 67.7 Å². The van der Waals surface area contributed by atoms with Crippen LogP contribution < -0.4 is 20.1 Å².